The van der Waals surface area contributed by atoms with Crippen molar-refractivity contribution >= 4 is 11.6 Å². The molecule has 0 spiro atoms. The minimum absolute atomic E-state index is 0.390. The molecule has 0 aliphatic carbocycles. The zero-order valence-corrected chi connectivity index (χ0v) is 10.4. The van der Waals surface area contributed by atoms with Crippen LogP contribution in [0.25, 0.3) is 11.3 Å². The zero-order valence-electron chi connectivity index (χ0n) is 9.68. The van der Waals surface area contributed by atoms with Gasteiger partial charge in [-0.2, -0.15) is 0 Å². The van der Waals surface area contributed by atoms with Crippen LogP contribution < -0.4 is 0 Å². The second kappa shape index (κ2) is 5.07. The van der Waals surface area contributed by atoms with Crippen molar-refractivity contribution in [3.8, 4) is 11.3 Å². The molecule has 8 heteroatoms. The molecule has 0 saturated carbocycles. The van der Waals surface area contributed by atoms with E-state index in [4.69, 9.17) is 11.6 Å². The highest BCUT2D eigenvalue weighted by Crippen LogP contribution is 2.18. The van der Waals surface area contributed by atoms with Crippen LogP contribution in [0, 0.1) is 0 Å². The summed E-state index contributed by atoms with van der Waals surface area (Å²) in [6.07, 6.45) is 3.16. The Balaban J connectivity index is 1.80. The van der Waals surface area contributed by atoms with Crippen LogP contribution in [-0.4, -0.2) is 35.4 Å². The molecule has 3 aromatic rings. The molecule has 1 aromatic carbocycles. The number of halogens is 1. The fourth-order valence-electron chi connectivity index (χ4n) is 1.52. The lowest BCUT2D eigenvalue weighted by Gasteiger charge is -2.01. The Labute approximate surface area is 113 Å². The maximum Gasteiger partial charge on any atom is 0.172 e. The highest BCUT2D eigenvalue weighted by molar-refractivity contribution is 6.30. The zero-order chi connectivity index (χ0) is 13.1. The summed E-state index contributed by atoms with van der Waals surface area (Å²) in [4.78, 5) is 4.23. The summed E-state index contributed by atoms with van der Waals surface area (Å²) < 4.78 is 1.53. The molecular weight excluding hydrogens is 266 g/mol. The predicted molar refractivity (Wildman–Crippen MR) is 67.2 cm³/mol. The van der Waals surface area contributed by atoms with Crippen LogP contribution in [0.4, 0.5) is 0 Å². The third kappa shape index (κ3) is 2.71. The number of hydrogen-bond donors (Lipinski definition) is 0. The van der Waals surface area contributed by atoms with Crippen LogP contribution in [0.2, 0.25) is 5.02 Å². The molecule has 0 aliphatic rings. The van der Waals surface area contributed by atoms with Crippen LogP contribution in [0.1, 0.15) is 5.82 Å². The van der Waals surface area contributed by atoms with Crippen LogP contribution >= 0.6 is 11.6 Å². The van der Waals surface area contributed by atoms with Gasteiger partial charge in [-0.1, -0.05) is 23.7 Å². The topological polar surface area (TPSA) is 82.3 Å². The van der Waals surface area contributed by atoms with E-state index in [1.165, 1.54) is 11.0 Å². The Morgan fingerprint density at radius 3 is 2.58 bits per heavy atom. The molecule has 0 aliphatic heterocycles. The second-order valence-corrected chi connectivity index (χ2v) is 4.21. The predicted octanol–water partition coefficient (Wildman–Crippen LogP) is 1.23. The molecule has 0 N–H and O–H groups in total. The van der Waals surface area contributed by atoms with Gasteiger partial charge in [0, 0.05) is 10.6 Å². The lowest BCUT2D eigenvalue weighted by Crippen LogP contribution is -2.06. The summed E-state index contributed by atoms with van der Waals surface area (Å²) in [5.41, 5.74) is 1.61. The van der Waals surface area contributed by atoms with Crippen LogP contribution in [0.5, 0.6) is 0 Å². The monoisotopic (exact) mass is 273 g/mol. The molecule has 3 rings (SSSR count). The average molecular weight is 274 g/mol. The van der Waals surface area contributed by atoms with E-state index in [1.807, 2.05) is 12.1 Å². The van der Waals surface area contributed by atoms with E-state index in [9.17, 15) is 0 Å². The van der Waals surface area contributed by atoms with Gasteiger partial charge in [-0.15, -0.1) is 15.3 Å². The van der Waals surface area contributed by atoms with Crippen molar-refractivity contribution in [1.29, 1.82) is 0 Å². The van der Waals surface area contributed by atoms with Gasteiger partial charge in [-0.05, 0) is 22.6 Å². The van der Waals surface area contributed by atoms with Crippen LogP contribution in [-0.2, 0) is 6.54 Å². The SMILES string of the molecule is Clc1ccc(-c2cnc(Cn3cnnn3)nn2)cc1. The standard InChI is InChI=1S/C11H8ClN7/c12-9-3-1-8(2-4-9)10-5-13-11(16-15-10)6-19-7-14-17-18-19/h1-5,7H,6H2. The molecule has 0 atom stereocenters. The van der Waals surface area contributed by atoms with Crippen LogP contribution in [0.15, 0.2) is 36.8 Å². The smallest absolute Gasteiger partial charge is 0.172 e. The highest BCUT2D eigenvalue weighted by Gasteiger charge is 2.04. The van der Waals surface area contributed by atoms with E-state index in [0.29, 0.717) is 23.1 Å². The van der Waals surface area contributed by atoms with Crippen molar-refractivity contribution in [3.05, 3.63) is 47.6 Å². The lowest BCUT2D eigenvalue weighted by molar-refractivity contribution is 0.615. The lowest BCUT2D eigenvalue weighted by atomic mass is 10.2. The van der Waals surface area contributed by atoms with E-state index in [1.54, 1.807) is 18.3 Å². The van der Waals surface area contributed by atoms with Crippen molar-refractivity contribution in [3.63, 3.8) is 0 Å². The number of rotatable bonds is 3. The van der Waals surface area contributed by atoms with Gasteiger partial charge in [0.1, 0.15) is 18.6 Å². The minimum Gasteiger partial charge on any atom is -0.235 e. The maximum atomic E-state index is 5.83. The van der Waals surface area contributed by atoms with Gasteiger partial charge in [0.2, 0.25) is 0 Å². The van der Waals surface area contributed by atoms with Gasteiger partial charge >= 0.3 is 0 Å². The molecule has 19 heavy (non-hydrogen) atoms. The maximum absolute atomic E-state index is 5.83. The highest BCUT2D eigenvalue weighted by atomic mass is 35.5. The van der Waals surface area contributed by atoms with E-state index < -0.39 is 0 Å². The van der Waals surface area contributed by atoms with Gasteiger partial charge < -0.3 is 0 Å². The van der Waals surface area contributed by atoms with E-state index >= 15 is 0 Å². The summed E-state index contributed by atoms with van der Waals surface area (Å²) in [7, 11) is 0. The fourth-order valence-corrected chi connectivity index (χ4v) is 1.65. The van der Waals surface area contributed by atoms with Crippen molar-refractivity contribution in [2.24, 2.45) is 0 Å². The first-order valence-electron chi connectivity index (χ1n) is 5.46. The van der Waals surface area contributed by atoms with Gasteiger partial charge in [0.15, 0.2) is 5.82 Å². The number of benzene rings is 1. The summed E-state index contributed by atoms with van der Waals surface area (Å²) in [5, 5.41) is 19.7. The Hall–Kier alpha value is -2.41. The molecule has 0 unspecified atom stereocenters. The van der Waals surface area contributed by atoms with E-state index in [-0.39, 0.29) is 0 Å². The van der Waals surface area contributed by atoms with Gasteiger partial charge in [0.25, 0.3) is 0 Å². The molecule has 2 aromatic heterocycles. The molecule has 0 fully saturated rings. The minimum atomic E-state index is 0.390. The van der Waals surface area contributed by atoms with E-state index in [0.717, 1.165) is 5.56 Å². The number of tetrazole rings is 1. The first-order valence-corrected chi connectivity index (χ1v) is 5.84. The second-order valence-electron chi connectivity index (χ2n) is 3.77. The first kappa shape index (κ1) is 11.7. The molecule has 0 amide bonds. The normalized spacial score (nSPS) is 10.6. The molecule has 94 valence electrons. The van der Waals surface area contributed by atoms with Crippen molar-refractivity contribution < 1.29 is 0 Å². The first-order chi connectivity index (χ1) is 9.31. The Morgan fingerprint density at radius 1 is 1.11 bits per heavy atom. The molecule has 0 bridgehead atoms. The van der Waals surface area contributed by atoms with Gasteiger partial charge in [0.05, 0.1) is 6.20 Å². The third-order valence-corrected chi connectivity index (χ3v) is 2.70. The number of hydrogen-bond acceptors (Lipinski definition) is 6. The molecule has 7 nitrogen and oxygen atoms in total. The molecule has 0 radical (unpaired) electrons. The third-order valence-electron chi connectivity index (χ3n) is 2.44. The average Bonchev–Trinajstić information content (AvgIpc) is 2.94. The quantitative estimate of drug-likeness (QED) is 0.714. The Morgan fingerprint density at radius 2 is 1.95 bits per heavy atom. The van der Waals surface area contributed by atoms with Crippen LogP contribution in [0.3, 0.4) is 0 Å². The number of nitrogens with zero attached hydrogens (tertiary/aromatic N) is 7. The van der Waals surface area contributed by atoms with Crippen molar-refractivity contribution in [1.82, 2.24) is 35.4 Å². The summed E-state index contributed by atoms with van der Waals surface area (Å²) in [6, 6.07) is 7.34. The Kier molecular flexibility index (Phi) is 3.11. The van der Waals surface area contributed by atoms with Crippen molar-refractivity contribution in [2.75, 3.05) is 0 Å². The molecule has 2 heterocycles. The summed E-state index contributed by atoms with van der Waals surface area (Å²) >= 11 is 5.83. The van der Waals surface area contributed by atoms with Crippen molar-refractivity contribution in [2.45, 2.75) is 6.54 Å². The fraction of sp³-hybridized carbons (Fsp3) is 0.0909. The summed E-state index contributed by atoms with van der Waals surface area (Å²) in [5.74, 6) is 0.546. The van der Waals surface area contributed by atoms with E-state index in [2.05, 4.69) is 30.7 Å². The number of aromatic nitrogens is 7. The Bertz CT molecular complexity index is 649. The van der Waals surface area contributed by atoms with Gasteiger partial charge in [-0.3, -0.25) is 0 Å². The van der Waals surface area contributed by atoms with Gasteiger partial charge in [-0.25, -0.2) is 9.67 Å². The largest absolute Gasteiger partial charge is 0.235 e. The molecule has 0 saturated heterocycles. The molecular formula is C11H8ClN7. The summed E-state index contributed by atoms with van der Waals surface area (Å²) in [6.45, 7) is 0.390.